The monoisotopic (exact) mass is 475 g/mol. The zero-order valence-corrected chi connectivity index (χ0v) is 18.1. The average molecular weight is 475 g/mol. The Morgan fingerprint density at radius 2 is 1.85 bits per heavy atom. The molecule has 13 heteroatoms. The lowest BCUT2D eigenvalue weighted by Crippen LogP contribution is -2.13. The molecule has 0 saturated carbocycles. The number of aryl methyl sites for hydroxylation is 2. The number of hydrogen-bond acceptors (Lipinski definition) is 7. The van der Waals surface area contributed by atoms with Gasteiger partial charge in [-0.05, 0) is 32.4 Å². The van der Waals surface area contributed by atoms with Gasteiger partial charge >= 0.3 is 5.69 Å². The largest absolute Gasteiger partial charge is 0.454 e. The van der Waals surface area contributed by atoms with Crippen LogP contribution in [0.2, 0.25) is 0 Å². The molecule has 3 rings (SSSR count). The maximum absolute atomic E-state index is 13.9. The van der Waals surface area contributed by atoms with Crippen molar-refractivity contribution in [2.24, 2.45) is 0 Å². The molecule has 0 bridgehead atoms. The number of benzene rings is 2. The van der Waals surface area contributed by atoms with E-state index in [0.29, 0.717) is 18.2 Å². The highest BCUT2D eigenvalue weighted by Crippen LogP contribution is 2.31. The fourth-order valence-corrected chi connectivity index (χ4v) is 3.29. The predicted octanol–water partition coefficient (Wildman–Crippen LogP) is 4.81. The van der Waals surface area contributed by atoms with Crippen LogP contribution in [-0.2, 0) is 11.3 Å². The maximum Gasteiger partial charge on any atom is 0.312 e. The standard InChI is InChI=1S/C21H19F2N5O6/c1-12-21(28(32)33)13(2)26(25-12)7-3-4-20(29)24-15-9-16(27(30)31)11-17(10-15)34-19-6-5-14(22)8-18(19)23/h5-6,8-11H,3-4,7H2,1-2H3,(H,24,29). The van der Waals surface area contributed by atoms with E-state index in [1.807, 2.05) is 0 Å². The molecule has 1 amide bonds. The van der Waals surface area contributed by atoms with Gasteiger partial charge in [0.1, 0.15) is 23.0 Å². The van der Waals surface area contributed by atoms with Crippen LogP contribution in [0.15, 0.2) is 36.4 Å². The van der Waals surface area contributed by atoms with Crippen LogP contribution < -0.4 is 10.1 Å². The Hall–Kier alpha value is -4.42. The third-order valence-electron chi connectivity index (χ3n) is 4.81. The number of hydrogen-bond donors (Lipinski definition) is 1. The molecule has 0 aliphatic rings. The minimum absolute atomic E-state index is 0.00236. The van der Waals surface area contributed by atoms with Gasteiger partial charge in [-0.1, -0.05) is 0 Å². The number of non-ortho nitro benzene ring substituents is 1. The first-order chi connectivity index (χ1) is 16.0. The van der Waals surface area contributed by atoms with E-state index >= 15 is 0 Å². The summed E-state index contributed by atoms with van der Waals surface area (Å²) in [5.74, 6) is -2.77. The Morgan fingerprint density at radius 3 is 2.47 bits per heavy atom. The zero-order valence-electron chi connectivity index (χ0n) is 18.1. The Kier molecular flexibility index (Phi) is 7.14. The molecule has 2 aromatic carbocycles. The fourth-order valence-electron chi connectivity index (χ4n) is 3.29. The van der Waals surface area contributed by atoms with Gasteiger partial charge in [0.05, 0.1) is 21.6 Å². The lowest BCUT2D eigenvalue weighted by atomic mass is 10.2. The minimum atomic E-state index is -0.999. The van der Waals surface area contributed by atoms with E-state index in [9.17, 15) is 33.8 Å². The van der Waals surface area contributed by atoms with E-state index in [2.05, 4.69) is 10.4 Å². The molecule has 1 heterocycles. The number of aromatic nitrogens is 2. The summed E-state index contributed by atoms with van der Waals surface area (Å²) in [5, 5.41) is 28.9. The summed E-state index contributed by atoms with van der Waals surface area (Å²) in [6, 6.07) is 6.01. The van der Waals surface area contributed by atoms with Crippen molar-refractivity contribution in [1.82, 2.24) is 9.78 Å². The highest BCUT2D eigenvalue weighted by molar-refractivity contribution is 5.91. The SMILES string of the molecule is Cc1nn(CCCC(=O)Nc2cc(Oc3ccc(F)cc3F)cc([N+](=O)[O-])c2)c(C)c1[N+](=O)[O-]. The number of nitro groups is 2. The number of halogens is 2. The molecule has 11 nitrogen and oxygen atoms in total. The van der Waals surface area contributed by atoms with Crippen molar-refractivity contribution in [2.75, 3.05) is 5.32 Å². The Balaban J connectivity index is 1.68. The quantitative estimate of drug-likeness (QED) is 0.346. The topological polar surface area (TPSA) is 142 Å². The van der Waals surface area contributed by atoms with Crippen molar-refractivity contribution >= 4 is 23.0 Å². The summed E-state index contributed by atoms with van der Waals surface area (Å²) >= 11 is 0. The average Bonchev–Trinajstić information content (AvgIpc) is 3.03. The van der Waals surface area contributed by atoms with Gasteiger partial charge in [0, 0.05) is 31.2 Å². The molecule has 0 atom stereocenters. The van der Waals surface area contributed by atoms with Gasteiger partial charge in [-0.3, -0.25) is 29.7 Å². The second-order valence-corrected chi connectivity index (χ2v) is 7.30. The maximum atomic E-state index is 13.9. The van der Waals surface area contributed by atoms with E-state index in [4.69, 9.17) is 4.74 Å². The number of amides is 1. The Bertz CT molecular complexity index is 1280. The van der Waals surface area contributed by atoms with Crippen LogP contribution in [0.1, 0.15) is 24.2 Å². The van der Waals surface area contributed by atoms with Crippen molar-refractivity contribution < 1.29 is 28.2 Å². The first kappa shape index (κ1) is 24.2. The summed E-state index contributed by atoms with van der Waals surface area (Å²) in [4.78, 5) is 33.5. The third-order valence-corrected chi connectivity index (χ3v) is 4.81. The van der Waals surface area contributed by atoms with E-state index in [-0.39, 0.29) is 41.5 Å². The third kappa shape index (κ3) is 5.68. The molecule has 0 radical (unpaired) electrons. The molecule has 34 heavy (non-hydrogen) atoms. The molecule has 1 N–H and O–H groups in total. The first-order valence-corrected chi connectivity index (χ1v) is 9.95. The van der Waals surface area contributed by atoms with Crippen LogP contribution in [0.3, 0.4) is 0 Å². The number of carbonyl (C=O) groups excluding carboxylic acids is 1. The van der Waals surface area contributed by atoms with Crippen LogP contribution in [0.25, 0.3) is 0 Å². The molecule has 0 fully saturated rings. The first-order valence-electron chi connectivity index (χ1n) is 9.95. The van der Waals surface area contributed by atoms with Gasteiger partial charge in [0.25, 0.3) is 5.69 Å². The van der Waals surface area contributed by atoms with Gasteiger partial charge in [-0.2, -0.15) is 5.10 Å². The zero-order chi connectivity index (χ0) is 25.0. The lowest BCUT2D eigenvalue weighted by molar-refractivity contribution is -0.386. The molecule has 178 valence electrons. The van der Waals surface area contributed by atoms with Crippen LogP contribution in [0, 0.1) is 45.7 Å². The van der Waals surface area contributed by atoms with Crippen molar-refractivity contribution in [3.63, 3.8) is 0 Å². The smallest absolute Gasteiger partial charge is 0.312 e. The van der Waals surface area contributed by atoms with Gasteiger partial charge in [-0.15, -0.1) is 0 Å². The summed E-state index contributed by atoms with van der Waals surface area (Å²) in [5.41, 5.74) is 0.194. The second kappa shape index (κ2) is 10.0. The van der Waals surface area contributed by atoms with Gasteiger partial charge in [0.2, 0.25) is 5.91 Å². The molecule has 0 aliphatic heterocycles. The van der Waals surface area contributed by atoms with E-state index < -0.39 is 33.1 Å². The second-order valence-electron chi connectivity index (χ2n) is 7.30. The fraction of sp³-hybridized carbons (Fsp3) is 0.238. The number of anilines is 1. The Labute approximate surface area is 191 Å². The van der Waals surface area contributed by atoms with E-state index in [0.717, 1.165) is 24.3 Å². The van der Waals surface area contributed by atoms with Gasteiger partial charge in [0.15, 0.2) is 11.6 Å². The molecule has 3 aromatic rings. The Morgan fingerprint density at radius 1 is 1.12 bits per heavy atom. The lowest BCUT2D eigenvalue weighted by Gasteiger charge is -2.10. The number of rotatable bonds is 9. The molecule has 0 unspecified atom stereocenters. The molecule has 0 saturated heterocycles. The van der Waals surface area contributed by atoms with Crippen molar-refractivity contribution in [3.8, 4) is 11.5 Å². The molecule has 1 aromatic heterocycles. The molecule has 0 aliphatic carbocycles. The van der Waals surface area contributed by atoms with Crippen molar-refractivity contribution in [1.29, 1.82) is 0 Å². The number of ether oxygens (including phenoxy) is 1. The molecular weight excluding hydrogens is 456 g/mol. The molecule has 0 spiro atoms. The normalized spacial score (nSPS) is 10.7. The van der Waals surface area contributed by atoms with Crippen LogP contribution in [0.5, 0.6) is 11.5 Å². The summed E-state index contributed by atoms with van der Waals surface area (Å²) in [7, 11) is 0. The number of carbonyl (C=O) groups is 1. The highest BCUT2D eigenvalue weighted by atomic mass is 19.1. The summed E-state index contributed by atoms with van der Waals surface area (Å²) in [6.07, 6.45) is 0.293. The van der Waals surface area contributed by atoms with E-state index in [1.54, 1.807) is 6.92 Å². The van der Waals surface area contributed by atoms with Crippen molar-refractivity contribution in [3.05, 3.63) is 79.6 Å². The summed E-state index contributed by atoms with van der Waals surface area (Å²) in [6.45, 7) is 3.34. The van der Waals surface area contributed by atoms with Gasteiger partial charge in [-0.25, -0.2) is 8.78 Å². The molecular formula is C21H19F2N5O6. The predicted molar refractivity (Wildman–Crippen MR) is 116 cm³/mol. The van der Waals surface area contributed by atoms with Gasteiger partial charge < -0.3 is 10.1 Å². The number of nitro benzene ring substituents is 1. The minimum Gasteiger partial charge on any atom is -0.454 e. The van der Waals surface area contributed by atoms with Crippen LogP contribution in [-0.4, -0.2) is 25.5 Å². The summed E-state index contributed by atoms with van der Waals surface area (Å²) < 4.78 is 33.7. The van der Waals surface area contributed by atoms with Crippen LogP contribution in [0.4, 0.5) is 25.8 Å². The number of nitrogens with zero attached hydrogens (tertiary/aromatic N) is 4. The van der Waals surface area contributed by atoms with E-state index in [1.165, 1.54) is 17.7 Å². The van der Waals surface area contributed by atoms with Crippen molar-refractivity contribution in [2.45, 2.75) is 33.2 Å². The highest BCUT2D eigenvalue weighted by Gasteiger charge is 2.21. The van der Waals surface area contributed by atoms with Crippen LogP contribution >= 0.6 is 0 Å². The number of nitrogens with one attached hydrogen (secondary N) is 1.